The summed E-state index contributed by atoms with van der Waals surface area (Å²) < 4.78 is 0. The van der Waals surface area contributed by atoms with Crippen molar-refractivity contribution < 1.29 is 5.11 Å². The van der Waals surface area contributed by atoms with Gasteiger partial charge in [0.1, 0.15) is 11.6 Å². The summed E-state index contributed by atoms with van der Waals surface area (Å²) in [4.78, 5) is 17.6. The summed E-state index contributed by atoms with van der Waals surface area (Å²) in [6, 6.07) is 1.83. The second-order valence-corrected chi connectivity index (χ2v) is 6.10. The van der Waals surface area contributed by atoms with Gasteiger partial charge in [-0.1, -0.05) is 0 Å². The van der Waals surface area contributed by atoms with Gasteiger partial charge in [-0.3, -0.25) is 9.88 Å². The fourth-order valence-corrected chi connectivity index (χ4v) is 2.90. The number of aliphatic hydroxyl groups excluding tert-OH is 1. The molecule has 1 aliphatic rings. The van der Waals surface area contributed by atoms with Gasteiger partial charge in [-0.2, -0.15) is 0 Å². The maximum atomic E-state index is 9.04. The van der Waals surface area contributed by atoms with Crippen LogP contribution in [0.15, 0.2) is 24.7 Å². The summed E-state index contributed by atoms with van der Waals surface area (Å²) in [5, 5.41) is 16.8. The van der Waals surface area contributed by atoms with Gasteiger partial charge < -0.3 is 21.1 Å². The highest BCUT2D eigenvalue weighted by Gasteiger charge is 2.18. The van der Waals surface area contributed by atoms with Gasteiger partial charge in [-0.05, 0) is 13.0 Å². The Morgan fingerprint density at radius 2 is 2.00 bits per heavy atom. The number of rotatable bonds is 5. The van der Waals surface area contributed by atoms with E-state index in [2.05, 4.69) is 19.8 Å². The second kappa shape index (κ2) is 7.54. The van der Waals surface area contributed by atoms with E-state index in [1.165, 1.54) is 0 Å². The Kier molecular flexibility index (Phi) is 5.20. The van der Waals surface area contributed by atoms with Gasteiger partial charge in [0.2, 0.25) is 0 Å². The van der Waals surface area contributed by atoms with Gasteiger partial charge in [0.05, 0.1) is 24.7 Å². The van der Waals surface area contributed by atoms with E-state index in [0.29, 0.717) is 29.3 Å². The molecule has 4 N–H and O–H groups in total. The van der Waals surface area contributed by atoms with Crippen LogP contribution in [-0.2, 0) is 0 Å². The largest absolute Gasteiger partial charge is 0.395 e. The number of nitrogen functional groups attached to an aromatic ring is 1. The molecule has 1 aliphatic heterocycles. The second-order valence-electron chi connectivity index (χ2n) is 6.10. The molecule has 25 heavy (non-hydrogen) atoms. The number of hydrogen-bond acceptors (Lipinski definition) is 8. The average molecular weight is 341 g/mol. The molecule has 0 amide bonds. The van der Waals surface area contributed by atoms with E-state index < -0.39 is 0 Å². The number of aromatic nitrogens is 3. The number of nitrogens with one attached hydrogen (secondary N) is 1. The Hall–Kier alpha value is -2.58. The van der Waals surface area contributed by atoms with Crippen LogP contribution in [0, 0.1) is 5.41 Å². The Labute approximate surface area is 146 Å². The fraction of sp³-hybridized carbons (Fsp3) is 0.412. The standard InChI is InChI=1S/C17H23N7O/c1-12(18)14-8-13(9-21-17(14)19)15-10-20-11-16(22-15)24-4-2-23(3-5-24)6-7-25/h8-11,18,25H,2-7H2,1H3,(H2,19,21). The van der Waals surface area contributed by atoms with Crippen LogP contribution in [0.2, 0.25) is 0 Å². The van der Waals surface area contributed by atoms with Crippen molar-refractivity contribution in [3.05, 3.63) is 30.2 Å². The Morgan fingerprint density at radius 1 is 1.24 bits per heavy atom. The maximum absolute atomic E-state index is 9.04. The molecule has 132 valence electrons. The molecule has 0 saturated carbocycles. The molecule has 0 atom stereocenters. The minimum atomic E-state index is 0.189. The minimum absolute atomic E-state index is 0.189. The molecular formula is C17H23N7O. The molecular weight excluding hydrogens is 318 g/mol. The van der Waals surface area contributed by atoms with Crippen LogP contribution in [0.3, 0.4) is 0 Å². The van der Waals surface area contributed by atoms with Crippen LogP contribution < -0.4 is 10.6 Å². The number of nitrogens with two attached hydrogens (primary N) is 1. The lowest BCUT2D eigenvalue weighted by molar-refractivity contribution is 0.188. The number of pyridine rings is 1. The molecule has 3 rings (SSSR count). The van der Waals surface area contributed by atoms with E-state index in [0.717, 1.165) is 37.6 Å². The fourth-order valence-electron chi connectivity index (χ4n) is 2.90. The first kappa shape index (κ1) is 17.2. The summed E-state index contributed by atoms with van der Waals surface area (Å²) in [5.41, 5.74) is 8.33. The van der Waals surface area contributed by atoms with Crippen LogP contribution in [0.5, 0.6) is 0 Å². The molecule has 0 radical (unpaired) electrons. The Bertz CT molecular complexity index is 756. The third-order valence-corrected chi connectivity index (χ3v) is 4.35. The predicted octanol–water partition coefficient (Wildman–Crippen LogP) is 0.623. The lowest BCUT2D eigenvalue weighted by Gasteiger charge is -2.34. The van der Waals surface area contributed by atoms with Gasteiger partial charge in [-0.15, -0.1) is 0 Å². The summed E-state index contributed by atoms with van der Waals surface area (Å²) in [6.07, 6.45) is 5.12. The first-order valence-corrected chi connectivity index (χ1v) is 8.30. The number of nitrogens with zero attached hydrogens (tertiary/aromatic N) is 5. The highest BCUT2D eigenvalue weighted by atomic mass is 16.3. The Balaban J connectivity index is 1.81. The molecule has 0 unspecified atom stereocenters. The Morgan fingerprint density at radius 3 is 2.68 bits per heavy atom. The van der Waals surface area contributed by atoms with Crippen molar-refractivity contribution in [3.8, 4) is 11.3 Å². The van der Waals surface area contributed by atoms with Crippen molar-refractivity contribution in [1.29, 1.82) is 5.41 Å². The molecule has 1 fully saturated rings. The average Bonchev–Trinajstić information content (AvgIpc) is 2.63. The smallest absolute Gasteiger partial charge is 0.147 e. The third-order valence-electron chi connectivity index (χ3n) is 4.35. The molecule has 0 bridgehead atoms. The van der Waals surface area contributed by atoms with E-state index in [9.17, 15) is 0 Å². The molecule has 3 heterocycles. The van der Waals surface area contributed by atoms with Crippen molar-refractivity contribution in [2.45, 2.75) is 6.92 Å². The number of anilines is 2. The van der Waals surface area contributed by atoms with Crippen molar-refractivity contribution in [2.24, 2.45) is 0 Å². The molecule has 0 aromatic carbocycles. The van der Waals surface area contributed by atoms with Gasteiger partial charge in [0.25, 0.3) is 0 Å². The predicted molar refractivity (Wildman–Crippen MR) is 97.9 cm³/mol. The molecule has 8 nitrogen and oxygen atoms in total. The maximum Gasteiger partial charge on any atom is 0.147 e. The summed E-state index contributed by atoms with van der Waals surface area (Å²) >= 11 is 0. The lowest BCUT2D eigenvalue weighted by atomic mass is 10.1. The van der Waals surface area contributed by atoms with Crippen molar-refractivity contribution in [2.75, 3.05) is 50.0 Å². The summed E-state index contributed by atoms with van der Waals surface area (Å²) in [6.45, 7) is 6.08. The van der Waals surface area contributed by atoms with E-state index in [1.54, 1.807) is 25.5 Å². The molecule has 2 aromatic rings. The zero-order valence-electron chi connectivity index (χ0n) is 14.3. The number of aliphatic hydroxyl groups is 1. The van der Waals surface area contributed by atoms with Crippen LogP contribution in [0.25, 0.3) is 11.3 Å². The quantitative estimate of drug-likeness (QED) is 0.683. The third kappa shape index (κ3) is 3.92. The SMILES string of the molecule is CC(=N)c1cc(-c2cncc(N3CCN(CCO)CC3)n2)cnc1N. The van der Waals surface area contributed by atoms with Crippen LogP contribution in [0.4, 0.5) is 11.6 Å². The number of β-amino-alcohol motifs (C(OH)–C–C–N with tert-alkyl or cyclic N) is 1. The van der Waals surface area contributed by atoms with Gasteiger partial charge in [-0.25, -0.2) is 9.97 Å². The topological polar surface area (TPSA) is 115 Å². The highest BCUT2D eigenvalue weighted by Crippen LogP contribution is 2.22. The molecule has 0 spiro atoms. The normalized spacial score (nSPS) is 15.4. The van der Waals surface area contributed by atoms with Crippen molar-refractivity contribution in [1.82, 2.24) is 19.9 Å². The molecule has 8 heteroatoms. The number of hydrogen-bond donors (Lipinski definition) is 3. The monoisotopic (exact) mass is 341 g/mol. The van der Waals surface area contributed by atoms with Crippen molar-refractivity contribution >= 4 is 17.3 Å². The zero-order valence-corrected chi connectivity index (χ0v) is 14.3. The van der Waals surface area contributed by atoms with E-state index in [4.69, 9.17) is 21.2 Å². The first-order chi connectivity index (χ1) is 12.1. The van der Waals surface area contributed by atoms with Gasteiger partial charge in [0, 0.05) is 55.8 Å². The van der Waals surface area contributed by atoms with Crippen LogP contribution >= 0.6 is 0 Å². The van der Waals surface area contributed by atoms with E-state index in [-0.39, 0.29) is 6.61 Å². The molecule has 0 aliphatic carbocycles. The van der Waals surface area contributed by atoms with E-state index in [1.807, 2.05) is 6.07 Å². The lowest BCUT2D eigenvalue weighted by Crippen LogP contribution is -2.47. The zero-order chi connectivity index (χ0) is 17.8. The van der Waals surface area contributed by atoms with Crippen molar-refractivity contribution in [3.63, 3.8) is 0 Å². The first-order valence-electron chi connectivity index (χ1n) is 8.30. The number of piperazine rings is 1. The minimum Gasteiger partial charge on any atom is -0.395 e. The van der Waals surface area contributed by atoms with Gasteiger partial charge >= 0.3 is 0 Å². The molecule has 2 aromatic heterocycles. The van der Waals surface area contributed by atoms with Crippen LogP contribution in [-0.4, -0.2) is 70.0 Å². The summed E-state index contributed by atoms with van der Waals surface area (Å²) in [7, 11) is 0. The molecule has 1 saturated heterocycles. The van der Waals surface area contributed by atoms with E-state index >= 15 is 0 Å². The summed E-state index contributed by atoms with van der Waals surface area (Å²) in [5.74, 6) is 1.17. The van der Waals surface area contributed by atoms with Gasteiger partial charge in [0.15, 0.2) is 0 Å². The van der Waals surface area contributed by atoms with Crippen LogP contribution in [0.1, 0.15) is 12.5 Å². The highest BCUT2D eigenvalue weighted by molar-refractivity contribution is 6.01.